The molecule has 35 heavy (non-hydrogen) atoms. The third-order valence-electron chi connectivity index (χ3n) is 8.19. The third-order valence-corrected chi connectivity index (χ3v) is 10.0. The van der Waals surface area contributed by atoms with E-state index in [0.29, 0.717) is 49.7 Å². The predicted octanol–water partition coefficient (Wildman–Crippen LogP) is 3.66. The number of hydrogen-bond acceptors (Lipinski definition) is 4. The van der Waals surface area contributed by atoms with Gasteiger partial charge in [-0.05, 0) is 67.9 Å². The Bertz CT molecular complexity index is 997. The highest BCUT2D eigenvalue weighted by molar-refractivity contribution is 7.89. The Labute approximate surface area is 210 Å². The number of benzene rings is 1. The Balaban J connectivity index is 1.54. The fourth-order valence-electron chi connectivity index (χ4n) is 6.20. The molecule has 3 aliphatic rings. The molecule has 3 aliphatic heterocycles. The molecule has 3 saturated heterocycles. The zero-order valence-corrected chi connectivity index (χ0v) is 22.2. The smallest absolute Gasteiger partial charge is 0.243 e. The highest BCUT2D eigenvalue weighted by Crippen LogP contribution is 2.38. The van der Waals surface area contributed by atoms with Crippen molar-refractivity contribution in [2.75, 3.05) is 19.6 Å². The van der Waals surface area contributed by atoms with Crippen molar-refractivity contribution in [1.82, 2.24) is 14.5 Å². The van der Waals surface area contributed by atoms with Crippen LogP contribution < -0.4 is 5.32 Å². The largest absolute Gasteiger partial charge is 0.353 e. The molecule has 2 bridgehead atoms. The van der Waals surface area contributed by atoms with Crippen molar-refractivity contribution in [2.24, 2.45) is 23.7 Å². The van der Waals surface area contributed by atoms with Gasteiger partial charge in [-0.2, -0.15) is 4.31 Å². The van der Waals surface area contributed by atoms with E-state index in [1.807, 2.05) is 6.07 Å². The maximum atomic E-state index is 13.5. The molecule has 0 radical (unpaired) electrons. The summed E-state index contributed by atoms with van der Waals surface area (Å²) in [6, 6.07) is 8.75. The quantitative estimate of drug-likeness (QED) is 0.682. The molecule has 1 aromatic rings. The van der Waals surface area contributed by atoms with E-state index in [1.54, 1.807) is 28.6 Å². The molecule has 3 heterocycles. The molecule has 3 fully saturated rings. The number of nitrogens with one attached hydrogen (secondary N) is 1. The van der Waals surface area contributed by atoms with E-state index in [1.165, 1.54) is 0 Å². The standard InChI is InChI=1S/C27H41N3O4S/c1-19(2)24-13-12-20(3)14-27(32)30-17-21-15-22(25(30)10-7-11-26(31)28-24)18-29(16-21)35(33,34)23-8-5-4-6-9-23/h4-6,8-9,19-22,24-25H,7,10-18H2,1-3H3,(H,28,31)/t20-,21+,22-,24+,25+/m1/s1. The lowest BCUT2D eigenvalue weighted by atomic mass is 9.78. The highest BCUT2D eigenvalue weighted by Gasteiger charge is 2.45. The number of sulfonamides is 1. The summed E-state index contributed by atoms with van der Waals surface area (Å²) in [4.78, 5) is 28.5. The molecular weight excluding hydrogens is 462 g/mol. The minimum absolute atomic E-state index is 0.0193. The van der Waals surface area contributed by atoms with E-state index in [2.05, 4.69) is 31.0 Å². The number of carbonyl (C=O) groups is 2. The van der Waals surface area contributed by atoms with E-state index in [9.17, 15) is 18.0 Å². The van der Waals surface area contributed by atoms with E-state index < -0.39 is 10.0 Å². The minimum atomic E-state index is -3.57. The number of hydrogen-bond donors (Lipinski definition) is 1. The van der Waals surface area contributed by atoms with Crippen molar-refractivity contribution in [3.8, 4) is 0 Å². The zero-order chi connectivity index (χ0) is 25.2. The van der Waals surface area contributed by atoms with Crippen LogP contribution in [-0.4, -0.2) is 61.2 Å². The van der Waals surface area contributed by atoms with Crippen LogP contribution in [0.1, 0.15) is 65.7 Å². The lowest BCUT2D eigenvalue weighted by Crippen LogP contribution is -2.60. The Hall–Kier alpha value is -1.93. The first-order valence-electron chi connectivity index (χ1n) is 13.3. The molecule has 0 spiro atoms. The Kier molecular flexibility index (Phi) is 8.21. The predicted molar refractivity (Wildman–Crippen MR) is 136 cm³/mol. The zero-order valence-electron chi connectivity index (χ0n) is 21.4. The van der Waals surface area contributed by atoms with Crippen LogP contribution in [0.3, 0.4) is 0 Å². The molecule has 5 atom stereocenters. The van der Waals surface area contributed by atoms with Gasteiger partial charge in [-0.1, -0.05) is 39.0 Å². The van der Waals surface area contributed by atoms with Crippen molar-refractivity contribution in [2.45, 2.75) is 82.7 Å². The average Bonchev–Trinajstić information content (AvgIpc) is 2.83. The summed E-state index contributed by atoms with van der Waals surface area (Å²) in [5.74, 6) is 1.12. The number of piperidine rings is 2. The van der Waals surface area contributed by atoms with Gasteiger partial charge in [-0.25, -0.2) is 8.42 Å². The lowest BCUT2D eigenvalue weighted by molar-refractivity contribution is -0.141. The van der Waals surface area contributed by atoms with Crippen LogP contribution in [0, 0.1) is 23.7 Å². The van der Waals surface area contributed by atoms with E-state index in [4.69, 9.17) is 0 Å². The average molecular weight is 504 g/mol. The van der Waals surface area contributed by atoms with Crippen LogP contribution in [0.25, 0.3) is 0 Å². The number of amides is 2. The van der Waals surface area contributed by atoms with Crippen molar-refractivity contribution in [1.29, 1.82) is 0 Å². The van der Waals surface area contributed by atoms with Gasteiger partial charge < -0.3 is 10.2 Å². The first kappa shape index (κ1) is 26.1. The van der Waals surface area contributed by atoms with Gasteiger partial charge in [0.05, 0.1) is 4.90 Å². The van der Waals surface area contributed by atoms with Crippen molar-refractivity contribution in [3.63, 3.8) is 0 Å². The molecule has 0 aliphatic carbocycles. The second-order valence-electron chi connectivity index (χ2n) is 11.3. The SMILES string of the molecule is CC(C)[C@@H]1CC[C@@H](C)CC(=O)N2C[C@H]3C[C@H](CN(S(=O)(=O)c4ccccc4)C3)[C@@H]2CCCC(=O)N1. The maximum Gasteiger partial charge on any atom is 0.243 e. The highest BCUT2D eigenvalue weighted by atomic mass is 32.2. The third kappa shape index (κ3) is 6.08. The van der Waals surface area contributed by atoms with Crippen LogP contribution in [0.2, 0.25) is 0 Å². The summed E-state index contributed by atoms with van der Waals surface area (Å²) in [6.07, 6.45) is 5.12. The lowest BCUT2D eigenvalue weighted by Gasteiger charge is -2.50. The van der Waals surface area contributed by atoms with Gasteiger partial charge in [-0.3, -0.25) is 9.59 Å². The van der Waals surface area contributed by atoms with Gasteiger partial charge in [0.25, 0.3) is 0 Å². The molecule has 1 aromatic carbocycles. The van der Waals surface area contributed by atoms with Gasteiger partial charge in [-0.15, -0.1) is 0 Å². The van der Waals surface area contributed by atoms with Crippen LogP contribution >= 0.6 is 0 Å². The minimum Gasteiger partial charge on any atom is -0.353 e. The molecule has 2 amide bonds. The molecule has 0 aromatic heterocycles. The summed E-state index contributed by atoms with van der Waals surface area (Å²) in [5, 5.41) is 3.22. The van der Waals surface area contributed by atoms with Gasteiger partial charge >= 0.3 is 0 Å². The fraction of sp³-hybridized carbons (Fsp3) is 0.704. The number of rotatable bonds is 3. The van der Waals surface area contributed by atoms with Crippen LogP contribution in [0.5, 0.6) is 0 Å². The summed E-state index contributed by atoms with van der Waals surface area (Å²) < 4.78 is 28.3. The fourth-order valence-corrected chi connectivity index (χ4v) is 7.79. The normalized spacial score (nSPS) is 31.7. The number of nitrogens with zero attached hydrogens (tertiary/aromatic N) is 2. The molecule has 1 N–H and O–H groups in total. The topological polar surface area (TPSA) is 86.8 Å². The number of fused-ring (bicyclic) bond motifs is 4. The van der Waals surface area contributed by atoms with Crippen molar-refractivity contribution < 1.29 is 18.0 Å². The molecule has 4 rings (SSSR count). The Morgan fingerprint density at radius 1 is 1.00 bits per heavy atom. The Morgan fingerprint density at radius 2 is 1.74 bits per heavy atom. The molecule has 7 nitrogen and oxygen atoms in total. The second-order valence-corrected chi connectivity index (χ2v) is 13.2. The first-order valence-corrected chi connectivity index (χ1v) is 14.7. The molecular formula is C27H41N3O4S. The molecule has 0 unspecified atom stereocenters. The second kappa shape index (κ2) is 11.0. The van der Waals surface area contributed by atoms with Gasteiger partial charge in [0, 0.05) is 44.6 Å². The van der Waals surface area contributed by atoms with E-state index in [-0.39, 0.29) is 41.7 Å². The van der Waals surface area contributed by atoms with E-state index >= 15 is 0 Å². The van der Waals surface area contributed by atoms with Gasteiger partial charge in [0.1, 0.15) is 0 Å². The van der Waals surface area contributed by atoms with E-state index in [0.717, 1.165) is 25.7 Å². The summed E-state index contributed by atoms with van der Waals surface area (Å²) in [7, 11) is -3.57. The molecule has 0 saturated carbocycles. The molecule has 8 heteroatoms. The van der Waals surface area contributed by atoms with Crippen LogP contribution in [0.4, 0.5) is 0 Å². The van der Waals surface area contributed by atoms with Crippen LogP contribution in [-0.2, 0) is 19.6 Å². The van der Waals surface area contributed by atoms with Crippen molar-refractivity contribution >= 4 is 21.8 Å². The van der Waals surface area contributed by atoms with Gasteiger partial charge in [0.2, 0.25) is 21.8 Å². The van der Waals surface area contributed by atoms with Crippen LogP contribution in [0.15, 0.2) is 35.2 Å². The summed E-state index contributed by atoms with van der Waals surface area (Å²) in [5.41, 5.74) is 0. The Morgan fingerprint density at radius 3 is 2.46 bits per heavy atom. The molecule has 194 valence electrons. The number of carbonyl (C=O) groups excluding carboxylic acids is 2. The van der Waals surface area contributed by atoms with Gasteiger partial charge in [0.15, 0.2) is 0 Å². The maximum absolute atomic E-state index is 13.5. The summed E-state index contributed by atoms with van der Waals surface area (Å²) >= 11 is 0. The van der Waals surface area contributed by atoms with Crippen molar-refractivity contribution in [3.05, 3.63) is 30.3 Å². The monoisotopic (exact) mass is 503 g/mol. The first-order chi connectivity index (χ1) is 16.6. The summed E-state index contributed by atoms with van der Waals surface area (Å²) in [6.45, 7) is 7.89.